The van der Waals surface area contributed by atoms with E-state index in [1.807, 2.05) is 24.4 Å². The molecule has 1 aliphatic heterocycles. The molecule has 7 heteroatoms. The van der Waals surface area contributed by atoms with Crippen LogP contribution >= 0.6 is 0 Å². The molecule has 0 radical (unpaired) electrons. The summed E-state index contributed by atoms with van der Waals surface area (Å²) in [5.41, 5.74) is 1.20. The molecule has 2 N–H and O–H groups in total. The number of hydrogen-bond donors (Lipinski definition) is 2. The number of nitrogens with zero attached hydrogens (tertiary/aromatic N) is 3. The van der Waals surface area contributed by atoms with Gasteiger partial charge in [0.2, 0.25) is 0 Å². The van der Waals surface area contributed by atoms with Gasteiger partial charge in [-0.1, -0.05) is 18.2 Å². The first-order valence-electron chi connectivity index (χ1n) is 8.64. The predicted octanol–water partition coefficient (Wildman–Crippen LogP) is 2.32. The molecule has 2 heterocycles. The Labute approximate surface area is 148 Å². The van der Waals surface area contributed by atoms with Gasteiger partial charge < -0.3 is 15.0 Å². The summed E-state index contributed by atoms with van der Waals surface area (Å²) in [7, 11) is 1.68. The average Bonchev–Trinajstić information content (AvgIpc) is 3.26. The minimum absolute atomic E-state index is 0.143. The number of hydrogen-bond acceptors (Lipinski definition) is 4. The van der Waals surface area contributed by atoms with Crippen LogP contribution in [0.4, 0.5) is 16.3 Å². The number of carbonyl (C=O) groups excluding carboxylic acids is 1. The van der Waals surface area contributed by atoms with Gasteiger partial charge in [-0.15, -0.1) is 0 Å². The zero-order chi connectivity index (χ0) is 17.5. The van der Waals surface area contributed by atoms with Gasteiger partial charge in [-0.3, -0.25) is 10.00 Å². The number of rotatable bonds is 7. The Morgan fingerprint density at radius 2 is 2.16 bits per heavy atom. The van der Waals surface area contributed by atoms with Gasteiger partial charge in [0.05, 0.1) is 0 Å². The van der Waals surface area contributed by atoms with Crippen molar-refractivity contribution in [2.24, 2.45) is 0 Å². The lowest BCUT2D eigenvalue weighted by Gasteiger charge is -2.18. The number of methoxy groups -OCH3 is 1. The molecule has 0 aliphatic carbocycles. The van der Waals surface area contributed by atoms with Crippen LogP contribution in [0.2, 0.25) is 0 Å². The number of anilines is 2. The van der Waals surface area contributed by atoms with Gasteiger partial charge in [-0.25, -0.2) is 4.79 Å². The van der Waals surface area contributed by atoms with E-state index >= 15 is 0 Å². The number of benzene rings is 1. The van der Waals surface area contributed by atoms with Crippen LogP contribution in [0.15, 0.2) is 42.6 Å². The number of amides is 2. The lowest BCUT2D eigenvalue weighted by Crippen LogP contribution is -2.39. The van der Waals surface area contributed by atoms with Crippen molar-refractivity contribution in [2.75, 3.05) is 37.0 Å². The lowest BCUT2D eigenvalue weighted by molar-refractivity contribution is 0.189. The minimum atomic E-state index is -0.206. The van der Waals surface area contributed by atoms with Crippen LogP contribution in [0, 0.1) is 0 Å². The number of aromatic nitrogens is 2. The van der Waals surface area contributed by atoms with Crippen molar-refractivity contribution < 1.29 is 9.53 Å². The van der Waals surface area contributed by atoms with E-state index in [-0.39, 0.29) is 12.1 Å². The number of ether oxygens (including phenoxy) is 1. The van der Waals surface area contributed by atoms with E-state index in [1.54, 1.807) is 17.9 Å². The summed E-state index contributed by atoms with van der Waals surface area (Å²) in [5.74, 6) is 0.563. The van der Waals surface area contributed by atoms with Crippen molar-refractivity contribution in [2.45, 2.75) is 25.4 Å². The summed E-state index contributed by atoms with van der Waals surface area (Å²) in [6.07, 6.45) is 3.69. The second kappa shape index (κ2) is 8.53. The van der Waals surface area contributed by atoms with Crippen LogP contribution in [-0.2, 0) is 11.3 Å². The molecule has 1 aromatic heterocycles. The molecule has 0 bridgehead atoms. The fourth-order valence-electron chi connectivity index (χ4n) is 3.01. The van der Waals surface area contributed by atoms with E-state index in [9.17, 15) is 4.79 Å². The topological polar surface area (TPSA) is 71.4 Å². The predicted molar refractivity (Wildman–Crippen MR) is 97.9 cm³/mol. The fraction of sp³-hybridized carbons (Fsp3) is 0.444. The Bertz CT molecular complexity index is 673. The van der Waals surface area contributed by atoms with Gasteiger partial charge >= 0.3 is 6.03 Å². The molecule has 1 aliphatic rings. The number of aryl methyl sites for hydroxylation is 1. The smallest absolute Gasteiger partial charge is 0.320 e. The average molecular weight is 343 g/mol. The third-order valence-electron chi connectivity index (χ3n) is 4.26. The summed E-state index contributed by atoms with van der Waals surface area (Å²) in [6, 6.07) is 12.0. The van der Waals surface area contributed by atoms with Crippen LogP contribution in [0.1, 0.15) is 12.8 Å². The van der Waals surface area contributed by atoms with Gasteiger partial charge in [0.15, 0.2) is 5.82 Å². The van der Waals surface area contributed by atoms with Crippen molar-refractivity contribution in [1.82, 2.24) is 15.1 Å². The molecule has 0 unspecified atom stereocenters. The maximum atomic E-state index is 12.2. The van der Waals surface area contributed by atoms with Gasteiger partial charge in [0.1, 0.15) is 0 Å². The zero-order valence-electron chi connectivity index (χ0n) is 14.5. The SMILES string of the molecule is COCCCn1ccc(NC(=O)N[C@@H]2CCN(c3ccccc3)C2)n1. The quantitative estimate of drug-likeness (QED) is 0.757. The summed E-state index contributed by atoms with van der Waals surface area (Å²) < 4.78 is 6.83. The van der Waals surface area contributed by atoms with Gasteiger partial charge in [0.25, 0.3) is 0 Å². The molecule has 2 amide bonds. The third kappa shape index (κ3) is 4.96. The Balaban J connectivity index is 1.44. The Kier molecular flexibility index (Phi) is 5.90. The molecule has 1 atom stereocenters. The van der Waals surface area contributed by atoms with Crippen molar-refractivity contribution >= 4 is 17.5 Å². The highest BCUT2D eigenvalue weighted by Gasteiger charge is 2.24. The molecule has 0 spiro atoms. The second-order valence-electron chi connectivity index (χ2n) is 6.18. The minimum Gasteiger partial charge on any atom is -0.385 e. The van der Waals surface area contributed by atoms with E-state index in [4.69, 9.17) is 4.74 Å². The molecule has 3 rings (SSSR count). The highest BCUT2D eigenvalue weighted by atomic mass is 16.5. The van der Waals surface area contributed by atoms with Crippen LogP contribution in [0.5, 0.6) is 0 Å². The van der Waals surface area contributed by atoms with E-state index in [0.717, 1.165) is 32.5 Å². The summed E-state index contributed by atoms with van der Waals surface area (Å²) in [6.45, 7) is 3.24. The molecule has 2 aromatic rings. The molecular formula is C18H25N5O2. The summed E-state index contributed by atoms with van der Waals surface area (Å²) >= 11 is 0. The van der Waals surface area contributed by atoms with E-state index in [0.29, 0.717) is 12.4 Å². The summed E-state index contributed by atoms with van der Waals surface area (Å²) in [5, 5.41) is 10.2. The Morgan fingerprint density at radius 3 is 2.96 bits per heavy atom. The second-order valence-corrected chi connectivity index (χ2v) is 6.18. The number of nitrogens with one attached hydrogen (secondary N) is 2. The number of carbonyl (C=O) groups is 1. The number of urea groups is 1. The first-order valence-corrected chi connectivity index (χ1v) is 8.64. The first-order chi connectivity index (χ1) is 12.2. The standard InChI is InChI=1S/C18H25N5O2/c1-25-13-5-10-23-12-9-17(21-23)20-18(24)19-15-8-11-22(14-15)16-6-3-2-4-7-16/h2-4,6-7,9,12,15H,5,8,10-11,13-14H2,1H3,(H2,19,20,21,24)/t15-/m1/s1. The van der Waals surface area contributed by atoms with E-state index < -0.39 is 0 Å². The Hall–Kier alpha value is -2.54. The first kappa shape index (κ1) is 17.3. The van der Waals surface area contributed by atoms with Gasteiger partial charge in [-0.2, -0.15) is 5.10 Å². The maximum absolute atomic E-state index is 12.2. The van der Waals surface area contributed by atoms with E-state index in [1.165, 1.54) is 5.69 Å². The van der Waals surface area contributed by atoms with Gasteiger partial charge in [-0.05, 0) is 25.0 Å². The highest BCUT2D eigenvalue weighted by molar-refractivity contribution is 5.88. The van der Waals surface area contributed by atoms with Crippen LogP contribution < -0.4 is 15.5 Å². The third-order valence-corrected chi connectivity index (χ3v) is 4.26. The molecule has 1 fully saturated rings. The van der Waals surface area contributed by atoms with Crippen molar-refractivity contribution in [3.8, 4) is 0 Å². The van der Waals surface area contributed by atoms with Crippen molar-refractivity contribution in [1.29, 1.82) is 0 Å². The molecule has 0 saturated carbocycles. The molecule has 25 heavy (non-hydrogen) atoms. The highest BCUT2D eigenvalue weighted by Crippen LogP contribution is 2.19. The molecule has 7 nitrogen and oxygen atoms in total. The fourth-order valence-corrected chi connectivity index (χ4v) is 3.01. The van der Waals surface area contributed by atoms with Crippen LogP contribution in [0.25, 0.3) is 0 Å². The normalized spacial score (nSPS) is 16.8. The van der Waals surface area contributed by atoms with E-state index in [2.05, 4.69) is 32.8 Å². The Morgan fingerprint density at radius 1 is 1.32 bits per heavy atom. The maximum Gasteiger partial charge on any atom is 0.320 e. The molecular weight excluding hydrogens is 318 g/mol. The van der Waals surface area contributed by atoms with Crippen molar-refractivity contribution in [3.05, 3.63) is 42.6 Å². The summed E-state index contributed by atoms with van der Waals surface area (Å²) in [4.78, 5) is 14.5. The van der Waals surface area contributed by atoms with Crippen LogP contribution in [-0.4, -0.2) is 48.7 Å². The monoisotopic (exact) mass is 343 g/mol. The van der Waals surface area contributed by atoms with Crippen molar-refractivity contribution in [3.63, 3.8) is 0 Å². The van der Waals surface area contributed by atoms with Crippen LogP contribution in [0.3, 0.4) is 0 Å². The molecule has 1 aromatic carbocycles. The zero-order valence-corrected chi connectivity index (χ0v) is 14.5. The molecule has 134 valence electrons. The number of para-hydroxylation sites is 1. The molecule has 1 saturated heterocycles. The lowest BCUT2D eigenvalue weighted by atomic mass is 10.3. The van der Waals surface area contributed by atoms with Gasteiger partial charge in [0, 0.05) is 57.3 Å². The largest absolute Gasteiger partial charge is 0.385 e.